The van der Waals surface area contributed by atoms with Crippen LogP contribution >= 0.6 is 0 Å². The largest absolute Gasteiger partial charge is 0.489 e. The van der Waals surface area contributed by atoms with Crippen LogP contribution in [0, 0.1) is 5.41 Å². The number of rotatable bonds is 6. The predicted molar refractivity (Wildman–Crippen MR) is 135 cm³/mol. The first kappa shape index (κ1) is 22.0. The maximum atomic E-state index is 6.17. The van der Waals surface area contributed by atoms with Crippen LogP contribution in [0.25, 0.3) is 11.1 Å². The summed E-state index contributed by atoms with van der Waals surface area (Å²) in [6.07, 6.45) is 3.61. The van der Waals surface area contributed by atoms with E-state index in [4.69, 9.17) is 15.2 Å². The minimum Gasteiger partial charge on any atom is -0.489 e. The molecule has 0 radical (unpaired) electrons. The molecule has 2 saturated heterocycles. The smallest absolute Gasteiger partial charge is 0.119 e. The molecule has 2 N–H and O–H groups in total. The topological polar surface area (TPSA) is 47.7 Å². The summed E-state index contributed by atoms with van der Waals surface area (Å²) in [5.74, 6) is 0.893. The van der Waals surface area contributed by atoms with E-state index in [1.54, 1.807) is 0 Å². The lowest BCUT2D eigenvalue weighted by Gasteiger charge is -2.39. The Morgan fingerprint density at radius 1 is 0.939 bits per heavy atom. The standard InChI is InChI=1S/C29H34N2O2/c1-22(30)24-6-5-7-25(18-24)26-16-23(20-33-28-8-3-2-4-9-28)17-27(19-26)31-13-10-29(11-14-31)12-15-32-21-29/h2-9,16-19,22H,10-15,20-21,30H2,1H3. The van der Waals surface area contributed by atoms with Gasteiger partial charge in [0, 0.05) is 31.4 Å². The van der Waals surface area contributed by atoms with Crippen molar-refractivity contribution in [2.75, 3.05) is 31.2 Å². The molecule has 0 aliphatic carbocycles. The summed E-state index contributed by atoms with van der Waals surface area (Å²) in [6, 6.07) is 25.5. The summed E-state index contributed by atoms with van der Waals surface area (Å²) in [5, 5.41) is 0. The van der Waals surface area contributed by atoms with Gasteiger partial charge in [-0.2, -0.15) is 0 Å². The van der Waals surface area contributed by atoms with Crippen LogP contribution in [0.1, 0.15) is 43.4 Å². The molecule has 0 amide bonds. The first-order valence-electron chi connectivity index (χ1n) is 12.1. The van der Waals surface area contributed by atoms with E-state index in [-0.39, 0.29) is 6.04 Å². The van der Waals surface area contributed by atoms with Crippen molar-refractivity contribution in [3.05, 3.63) is 83.9 Å². The van der Waals surface area contributed by atoms with Crippen molar-refractivity contribution in [3.63, 3.8) is 0 Å². The first-order chi connectivity index (χ1) is 16.1. The van der Waals surface area contributed by atoms with E-state index in [0.29, 0.717) is 12.0 Å². The third-order valence-electron chi connectivity index (χ3n) is 7.25. The molecule has 2 aliphatic rings. The second-order valence-corrected chi connectivity index (χ2v) is 9.69. The molecule has 0 aromatic heterocycles. The number of ether oxygens (including phenoxy) is 2. The van der Waals surface area contributed by atoms with Crippen molar-refractivity contribution in [2.24, 2.45) is 11.1 Å². The fourth-order valence-corrected chi connectivity index (χ4v) is 5.07. The molecule has 1 unspecified atom stereocenters. The van der Waals surface area contributed by atoms with Crippen molar-refractivity contribution in [1.29, 1.82) is 0 Å². The number of benzene rings is 3. The molecule has 5 rings (SSSR count). The van der Waals surface area contributed by atoms with Gasteiger partial charge in [-0.25, -0.2) is 0 Å². The van der Waals surface area contributed by atoms with Crippen LogP contribution in [0.3, 0.4) is 0 Å². The highest BCUT2D eigenvalue weighted by Gasteiger charge is 2.38. The minimum absolute atomic E-state index is 0.0148. The van der Waals surface area contributed by atoms with E-state index in [9.17, 15) is 0 Å². The highest BCUT2D eigenvalue weighted by atomic mass is 16.5. The molecule has 4 nitrogen and oxygen atoms in total. The average Bonchev–Trinajstić information content (AvgIpc) is 3.31. The van der Waals surface area contributed by atoms with Crippen molar-refractivity contribution in [3.8, 4) is 16.9 Å². The number of nitrogens with zero attached hydrogens (tertiary/aromatic N) is 1. The lowest BCUT2D eigenvalue weighted by atomic mass is 9.78. The number of para-hydroxylation sites is 1. The second kappa shape index (κ2) is 9.58. The maximum Gasteiger partial charge on any atom is 0.119 e. The van der Waals surface area contributed by atoms with Crippen LogP contribution in [0.2, 0.25) is 0 Å². The third-order valence-corrected chi connectivity index (χ3v) is 7.25. The fourth-order valence-electron chi connectivity index (χ4n) is 5.07. The maximum absolute atomic E-state index is 6.17. The van der Waals surface area contributed by atoms with Gasteiger partial charge in [-0.1, -0.05) is 36.4 Å². The summed E-state index contributed by atoms with van der Waals surface area (Å²) in [7, 11) is 0. The van der Waals surface area contributed by atoms with Gasteiger partial charge in [0.1, 0.15) is 12.4 Å². The zero-order chi connectivity index (χ0) is 22.7. The summed E-state index contributed by atoms with van der Waals surface area (Å²) in [5.41, 5.74) is 12.6. The molecule has 172 valence electrons. The Hall–Kier alpha value is -2.82. The Labute approximate surface area is 197 Å². The van der Waals surface area contributed by atoms with E-state index in [2.05, 4.69) is 47.4 Å². The molecular formula is C29H34N2O2. The van der Waals surface area contributed by atoms with Crippen molar-refractivity contribution >= 4 is 5.69 Å². The van der Waals surface area contributed by atoms with Crippen molar-refractivity contribution in [1.82, 2.24) is 0 Å². The number of hydrogen-bond acceptors (Lipinski definition) is 4. The van der Waals surface area contributed by atoms with Crippen LogP contribution < -0.4 is 15.4 Å². The van der Waals surface area contributed by atoms with Gasteiger partial charge in [-0.15, -0.1) is 0 Å². The molecule has 4 heteroatoms. The van der Waals surface area contributed by atoms with Gasteiger partial charge >= 0.3 is 0 Å². The normalized spacial score (nSPS) is 18.4. The summed E-state index contributed by atoms with van der Waals surface area (Å²) in [4.78, 5) is 2.54. The van der Waals surface area contributed by atoms with Gasteiger partial charge in [-0.3, -0.25) is 0 Å². The van der Waals surface area contributed by atoms with E-state index < -0.39 is 0 Å². The van der Waals surface area contributed by atoms with Gasteiger partial charge in [0.25, 0.3) is 0 Å². The molecular weight excluding hydrogens is 408 g/mol. The van der Waals surface area contributed by atoms with Crippen molar-refractivity contribution < 1.29 is 9.47 Å². The Kier molecular flexibility index (Phi) is 6.39. The molecule has 0 saturated carbocycles. The molecule has 2 fully saturated rings. The van der Waals surface area contributed by atoms with E-state index in [1.807, 2.05) is 37.3 Å². The highest BCUT2D eigenvalue weighted by molar-refractivity contribution is 5.70. The van der Waals surface area contributed by atoms with Gasteiger partial charge in [-0.05, 0) is 90.3 Å². The van der Waals surface area contributed by atoms with Gasteiger partial charge < -0.3 is 20.1 Å². The quantitative estimate of drug-likeness (QED) is 0.512. The van der Waals surface area contributed by atoms with Gasteiger partial charge in [0.05, 0.1) is 6.61 Å². The third kappa shape index (κ3) is 5.07. The van der Waals surface area contributed by atoms with Crippen molar-refractivity contribution in [2.45, 2.75) is 38.8 Å². The van der Waals surface area contributed by atoms with Crippen LogP contribution in [-0.4, -0.2) is 26.3 Å². The number of hydrogen-bond donors (Lipinski definition) is 1. The molecule has 3 aromatic rings. The number of piperidine rings is 1. The zero-order valence-corrected chi connectivity index (χ0v) is 19.5. The minimum atomic E-state index is 0.0148. The van der Waals surface area contributed by atoms with E-state index >= 15 is 0 Å². The molecule has 2 aliphatic heterocycles. The Morgan fingerprint density at radius 2 is 1.76 bits per heavy atom. The summed E-state index contributed by atoms with van der Waals surface area (Å²) < 4.78 is 11.8. The Balaban J connectivity index is 1.43. The molecule has 0 bridgehead atoms. The zero-order valence-electron chi connectivity index (χ0n) is 19.5. The van der Waals surface area contributed by atoms with Crippen LogP contribution in [-0.2, 0) is 11.3 Å². The summed E-state index contributed by atoms with van der Waals surface area (Å²) in [6.45, 7) is 6.58. The second-order valence-electron chi connectivity index (χ2n) is 9.69. The van der Waals surface area contributed by atoms with Crippen LogP contribution in [0.4, 0.5) is 5.69 Å². The lowest BCUT2D eigenvalue weighted by molar-refractivity contribution is 0.134. The summed E-state index contributed by atoms with van der Waals surface area (Å²) >= 11 is 0. The fraction of sp³-hybridized carbons (Fsp3) is 0.379. The SMILES string of the molecule is CC(N)c1cccc(-c2cc(COc3ccccc3)cc(N3CCC4(CCOC4)CC3)c2)c1. The predicted octanol–water partition coefficient (Wildman–Crippen LogP) is 5.96. The average molecular weight is 443 g/mol. The highest BCUT2D eigenvalue weighted by Crippen LogP contribution is 2.41. The first-order valence-corrected chi connectivity index (χ1v) is 12.1. The molecule has 1 atom stereocenters. The molecule has 2 heterocycles. The Bertz CT molecular complexity index is 1060. The Morgan fingerprint density at radius 3 is 2.48 bits per heavy atom. The van der Waals surface area contributed by atoms with E-state index in [0.717, 1.165) is 37.6 Å². The monoisotopic (exact) mass is 442 g/mol. The molecule has 3 aromatic carbocycles. The molecule has 1 spiro atoms. The number of anilines is 1. The van der Waals surface area contributed by atoms with Gasteiger partial charge in [0.15, 0.2) is 0 Å². The van der Waals surface area contributed by atoms with Crippen LogP contribution in [0.15, 0.2) is 72.8 Å². The number of nitrogens with two attached hydrogens (primary N) is 1. The van der Waals surface area contributed by atoms with Crippen LogP contribution in [0.5, 0.6) is 5.75 Å². The van der Waals surface area contributed by atoms with Gasteiger partial charge in [0.2, 0.25) is 0 Å². The van der Waals surface area contributed by atoms with E-state index in [1.165, 1.54) is 41.6 Å². The lowest BCUT2D eigenvalue weighted by Crippen LogP contribution is -2.40. The molecule has 33 heavy (non-hydrogen) atoms.